The van der Waals surface area contributed by atoms with Crippen LogP contribution in [0.5, 0.6) is 0 Å². The van der Waals surface area contributed by atoms with Gasteiger partial charge in [-0.2, -0.15) is 0 Å². The zero-order chi connectivity index (χ0) is 19.4. The zero-order valence-corrected chi connectivity index (χ0v) is 16.3. The summed E-state index contributed by atoms with van der Waals surface area (Å²) in [7, 11) is 0. The van der Waals surface area contributed by atoms with Crippen LogP contribution in [0.1, 0.15) is 54.2 Å². The largest absolute Gasteiger partial charge is 0.459 e. The van der Waals surface area contributed by atoms with Gasteiger partial charge in [0.05, 0.1) is 6.33 Å². The third-order valence-electron chi connectivity index (χ3n) is 3.69. The topological polar surface area (TPSA) is 110 Å². The fourth-order valence-corrected chi connectivity index (χ4v) is 2.48. The number of hydrogen-bond donors (Lipinski definition) is 3. The highest BCUT2D eigenvalue weighted by atomic mass is 16.5. The number of carbonyl (C=O) groups is 2. The van der Waals surface area contributed by atoms with Crippen LogP contribution in [-0.2, 0) is 20.7 Å². The lowest BCUT2D eigenvalue weighted by Gasteiger charge is -2.30. The molecular weight excluding hydrogens is 320 g/mol. The first-order valence-corrected chi connectivity index (χ1v) is 8.56. The van der Waals surface area contributed by atoms with E-state index in [0.717, 1.165) is 5.69 Å². The Hall–Kier alpha value is -1.73. The predicted octanol–water partition coefficient (Wildman–Crippen LogP) is 1.58. The molecule has 25 heavy (non-hydrogen) atoms. The summed E-state index contributed by atoms with van der Waals surface area (Å²) in [6.45, 7) is 13.0. The van der Waals surface area contributed by atoms with E-state index in [1.54, 1.807) is 33.9 Å². The van der Waals surface area contributed by atoms with Crippen molar-refractivity contribution < 1.29 is 14.3 Å². The Morgan fingerprint density at radius 1 is 1.28 bits per heavy atom. The first kappa shape index (κ1) is 21.3. The molecule has 1 heterocycles. The molecule has 0 spiro atoms. The number of ketones is 1. The van der Waals surface area contributed by atoms with E-state index in [1.165, 1.54) is 6.33 Å². The van der Waals surface area contributed by atoms with Crippen molar-refractivity contribution in [3.63, 3.8) is 0 Å². The van der Waals surface area contributed by atoms with E-state index < -0.39 is 29.6 Å². The lowest BCUT2D eigenvalue weighted by atomic mass is 9.84. The molecule has 0 bridgehead atoms. The number of imidazole rings is 1. The SMILES string of the molecule is CC(NC(C)(C)C)C(=O)OC(Cc1cnc[nH]1)C(N)C(=O)C(C)(C)C. The molecule has 0 amide bonds. The molecule has 0 fully saturated rings. The van der Waals surface area contributed by atoms with Crippen molar-refractivity contribution in [3.05, 3.63) is 18.2 Å². The molecule has 0 aliphatic rings. The number of esters is 1. The van der Waals surface area contributed by atoms with Crippen LogP contribution in [0.2, 0.25) is 0 Å². The van der Waals surface area contributed by atoms with Gasteiger partial charge in [-0.1, -0.05) is 20.8 Å². The molecule has 1 aromatic rings. The average molecular weight is 352 g/mol. The van der Waals surface area contributed by atoms with Crippen LogP contribution < -0.4 is 11.1 Å². The Morgan fingerprint density at radius 3 is 2.32 bits per heavy atom. The van der Waals surface area contributed by atoms with Crippen molar-refractivity contribution in [3.8, 4) is 0 Å². The minimum Gasteiger partial charge on any atom is -0.459 e. The molecule has 1 rings (SSSR count). The monoisotopic (exact) mass is 352 g/mol. The maximum absolute atomic E-state index is 12.6. The molecule has 7 nitrogen and oxygen atoms in total. The third-order valence-corrected chi connectivity index (χ3v) is 3.69. The van der Waals surface area contributed by atoms with Crippen molar-refractivity contribution in [2.24, 2.45) is 11.1 Å². The second-order valence-electron chi connectivity index (χ2n) is 8.51. The normalized spacial score (nSPS) is 16.2. The average Bonchev–Trinajstić information content (AvgIpc) is 2.95. The van der Waals surface area contributed by atoms with Gasteiger partial charge in [-0.25, -0.2) is 4.98 Å². The van der Waals surface area contributed by atoms with E-state index in [4.69, 9.17) is 10.5 Å². The van der Waals surface area contributed by atoms with E-state index in [2.05, 4.69) is 15.3 Å². The number of aromatic amines is 1. The first-order chi connectivity index (χ1) is 11.3. The highest BCUT2D eigenvalue weighted by Crippen LogP contribution is 2.20. The Bertz CT molecular complexity index is 570. The van der Waals surface area contributed by atoms with Crippen molar-refractivity contribution >= 4 is 11.8 Å². The van der Waals surface area contributed by atoms with Gasteiger partial charge in [0.15, 0.2) is 5.78 Å². The van der Waals surface area contributed by atoms with Gasteiger partial charge >= 0.3 is 5.97 Å². The van der Waals surface area contributed by atoms with Gasteiger partial charge < -0.3 is 15.5 Å². The summed E-state index contributed by atoms with van der Waals surface area (Å²) < 4.78 is 5.61. The number of ether oxygens (including phenoxy) is 1. The molecule has 3 unspecified atom stereocenters. The van der Waals surface area contributed by atoms with Gasteiger partial charge in [0.25, 0.3) is 0 Å². The second kappa shape index (κ2) is 8.10. The Morgan fingerprint density at radius 2 is 1.88 bits per heavy atom. The Balaban J connectivity index is 2.91. The van der Waals surface area contributed by atoms with Gasteiger partial charge in [-0.05, 0) is 27.7 Å². The molecule has 4 N–H and O–H groups in total. The van der Waals surface area contributed by atoms with E-state index in [0.29, 0.717) is 6.42 Å². The smallest absolute Gasteiger partial charge is 0.323 e. The maximum Gasteiger partial charge on any atom is 0.323 e. The van der Waals surface area contributed by atoms with Crippen molar-refractivity contribution in [2.75, 3.05) is 0 Å². The Kier molecular flexibility index (Phi) is 6.90. The number of H-pyrrole nitrogens is 1. The summed E-state index contributed by atoms with van der Waals surface area (Å²) in [5, 5.41) is 3.16. The number of nitrogens with two attached hydrogens (primary N) is 1. The number of hydrogen-bond acceptors (Lipinski definition) is 6. The van der Waals surface area contributed by atoms with Crippen molar-refractivity contribution in [1.82, 2.24) is 15.3 Å². The van der Waals surface area contributed by atoms with Crippen LogP contribution >= 0.6 is 0 Å². The first-order valence-electron chi connectivity index (χ1n) is 8.56. The molecule has 0 saturated carbocycles. The molecule has 142 valence electrons. The number of nitrogens with one attached hydrogen (secondary N) is 2. The summed E-state index contributed by atoms with van der Waals surface area (Å²) in [6, 6.07) is -1.42. The third kappa shape index (κ3) is 6.96. The van der Waals surface area contributed by atoms with E-state index >= 15 is 0 Å². The standard InChI is InChI=1S/C18H32N4O3/c1-11(22-18(5,6)7)16(24)25-13(8-12-9-20-10-21-12)14(19)15(23)17(2,3)4/h9-11,13-14,22H,8,19H2,1-7H3,(H,20,21). The van der Waals surface area contributed by atoms with Gasteiger partial charge in [-0.15, -0.1) is 0 Å². The lowest BCUT2D eigenvalue weighted by molar-refractivity contribution is -0.154. The lowest BCUT2D eigenvalue weighted by Crippen LogP contribution is -2.52. The van der Waals surface area contributed by atoms with E-state index in [9.17, 15) is 9.59 Å². The quantitative estimate of drug-likeness (QED) is 0.643. The summed E-state index contributed by atoms with van der Waals surface area (Å²) >= 11 is 0. The zero-order valence-electron chi connectivity index (χ0n) is 16.3. The predicted molar refractivity (Wildman–Crippen MR) is 97.0 cm³/mol. The van der Waals surface area contributed by atoms with Crippen LogP contribution in [0.15, 0.2) is 12.5 Å². The summed E-state index contributed by atoms with van der Waals surface area (Å²) in [4.78, 5) is 31.9. The molecule has 0 radical (unpaired) electrons. The van der Waals surface area contributed by atoms with Gasteiger partial charge in [0, 0.05) is 29.3 Å². The van der Waals surface area contributed by atoms with Crippen LogP contribution in [-0.4, -0.2) is 45.4 Å². The minimum atomic E-state index is -0.908. The van der Waals surface area contributed by atoms with E-state index in [-0.39, 0.29) is 11.3 Å². The minimum absolute atomic E-state index is 0.152. The van der Waals surface area contributed by atoms with Crippen molar-refractivity contribution in [1.29, 1.82) is 0 Å². The molecule has 0 aromatic carbocycles. The highest BCUT2D eigenvalue weighted by Gasteiger charge is 2.36. The van der Waals surface area contributed by atoms with Gasteiger partial charge in [-0.3, -0.25) is 14.9 Å². The number of nitrogens with zero attached hydrogens (tertiary/aromatic N) is 1. The molecule has 3 atom stereocenters. The summed E-state index contributed by atoms with van der Waals surface area (Å²) in [5.41, 5.74) is 6.06. The van der Waals surface area contributed by atoms with Crippen LogP contribution in [0, 0.1) is 5.41 Å². The van der Waals surface area contributed by atoms with Crippen LogP contribution in [0.4, 0.5) is 0 Å². The highest BCUT2D eigenvalue weighted by molar-refractivity contribution is 5.89. The van der Waals surface area contributed by atoms with Gasteiger partial charge in [0.1, 0.15) is 18.2 Å². The maximum atomic E-state index is 12.6. The van der Waals surface area contributed by atoms with Crippen LogP contribution in [0.3, 0.4) is 0 Å². The summed E-state index contributed by atoms with van der Waals surface area (Å²) in [6.07, 6.45) is 2.71. The molecule has 0 saturated heterocycles. The molecule has 0 aliphatic carbocycles. The van der Waals surface area contributed by atoms with Crippen molar-refractivity contribution in [2.45, 2.75) is 78.6 Å². The fraction of sp³-hybridized carbons (Fsp3) is 0.722. The number of carbonyl (C=O) groups excluding carboxylic acids is 2. The Labute approximate surface area is 150 Å². The second-order valence-corrected chi connectivity index (χ2v) is 8.51. The fourth-order valence-electron chi connectivity index (χ4n) is 2.48. The molecular formula is C18H32N4O3. The number of aromatic nitrogens is 2. The molecule has 7 heteroatoms. The molecule has 0 aliphatic heterocycles. The number of rotatable bonds is 7. The van der Waals surface area contributed by atoms with Gasteiger partial charge in [0.2, 0.25) is 0 Å². The van der Waals surface area contributed by atoms with Crippen LogP contribution in [0.25, 0.3) is 0 Å². The number of Topliss-reactive ketones (excluding diaryl/α,β-unsaturated/α-hetero) is 1. The van der Waals surface area contributed by atoms with E-state index in [1.807, 2.05) is 20.8 Å². The summed E-state index contributed by atoms with van der Waals surface area (Å²) in [5.74, 6) is -0.585. The molecule has 1 aromatic heterocycles.